The number of anilines is 1. The molecule has 2 aromatic heterocycles. The number of thiophene rings is 1. The van der Waals surface area contributed by atoms with Gasteiger partial charge >= 0.3 is 0 Å². The van der Waals surface area contributed by atoms with Crippen molar-refractivity contribution >= 4 is 33.7 Å². The normalized spacial score (nSPS) is 11.0. The van der Waals surface area contributed by atoms with Gasteiger partial charge in [-0.1, -0.05) is 30.3 Å². The van der Waals surface area contributed by atoms with Gasteiger partial charge in [-0.3, -0.25) is 9.48 Å². The fourth-order valence-electron chi connectivity index (χ4n) is 3.03. The van der Waals surface area contributed by atoms with Crippen molar-refractivity contribution in [3.63, 3.8) is 0 Å². The summed E-state index contributed by atoms with van der Waals surface area (Å²) in [6, 6.07) is 20.0. The molecular weight excluding hydrogens is 342 g/mol. The van der Waals surface area contributed by atoms with Crippen molar-refractivity contribution in [2.75, 3.05) is 5.32 Å². The van der Waals surface area contributed by atoms with E-state index in [9.17, 15) is 4.79 Å². The Hall–Kier alpha value is -2.92. The van der Waals surface area contributed by atoms with Gasteiger partial charge in [-0.15, -0.1) is 11.3 Å². The van der Waals surface area contributed by atoms with Gasteiger partial charge in [-0.05, 0) is 55.0 Å². The van der Waals surface area contributed by atoms with Crippen LogP contribution in [0.4, 0.5) is 5.69 Å². The van der Waals surface area contributed by atoms with Crippen LogP contribution in [0.1, 0.15) is 25.9 Å². The standard InChI is InChI=1S/C21H19N3OS/c1-14-11-15(2)24(23-14)13-19-9-10-20(26-19)21(25)22-18-8-7-16-5-3-4-6-17(16)12-18/h3-12H,13H2,1-2H3,(H,22,25). The smallest absolute Gasteiger partial charge is 0.265 e. The summed E-state index contributed by atoms with van der Waals surface area (Å²) in [5.41, 5.74) is 2.94. The summed E-state index contributed by atoms with van der Waals surface area (Å²) >= 11 is 1.50. The van der Waals surface area contributed by atoms with E-state index < -0.39 is 0 Å². The lowest BCUT2D eigenvalue weighted by molar-refractivity contribution is 0.103. The van der Waals surface area contributed by atoms with Crippen LogP contribution in [0.25, 0.3) is 10.8 Å². The van der Waals surface area contributed by atoms with Crippen LogP contribution in [0.3, 0.4) is 0 Å². The van der Waals surface area contributed by atoms with Gasteiger partial charge in [0.25, 0.3) is 5.91 Å². The van der Waals surface area contributed by atoms with Crippen molar-refractivity contribution in [1.29, 1.82) is 0 Å². The predicted octanol–water partition coefficient (Wildman–Crippen LogP) is 5.02. The maximum Gasteiger partial charge on any atom is 0.265 e. The highest BCUT2D eigenvalue weighted by molar-refractivity contribution is 7.14. The van der Waals surface area contributed by atoms with E-state index in [1.807, 2.05) is 67.1 Å². The number of amides is 1. The number of aromatic nitrogens is 2. The predicted molar refractivity (Wildman–Crippen MR) is 107 cm³/mol. The van der Waals surface area contributed by atoms with Crippen molar-refractivity contribution in [1.82, 2.24) is 9.78 Å². The molecule has 4 nitrogen and oxygen atoms in total. The summed E-state index contributed by atoms with van der Waals surface area (Å²) in [6.45, 7) is 4.72. The number of nitrogens with one attached hydrogen (secondary N) is 1. The Morgan fingerprint density at radius 2 is 1.85 bits per heavy atom. The van der Waals surface area contributed by atoms with Gasteiger partial charge in [-0.25, -0.2) is 0 Å². The zero-order valence-corrected chi connectivity index (χ0v) is 15.5. The molecule has 5 heteroatoms. The number of benzene rings is 2. The third-order valence-corrected chi connectivity index (χ3v) is 5.37. The Morgan fingerprint density at radius 3 is 2.62 bits per heavy atom. The third-order valence-electron chi connectivity index (χ3n) is 4.30. The molecule has 0 unspecified atom stereocenters. The summed E-state index contributed by atoms with van der Waals surface area (Å²) in [7, 11) is 0. The van der Waals surface area contributed by atoms with E-state index in [0.29, 0.717) is 11.4 Å². The summed E-state index contributed by atoms with van der Waals surface area (Å²) < 4.78 is 1.96. The quantitative estimate of drug-likeness (QED) is 0.555. The molecule has 0 aliphatic carbocycles. The molecule has 0 aliphatic heterocycles. The molecule has 0 aliphatic rings. The molecule has 1 N–H and O–H groups in total. The number of rotatable bonds is 4. The molecule has 0 atom stereocenters. The molecular formula is C21H19N3OS. The average Bonchev–Trinajstić information content (AvgIpc) is 3.21. The fourth-order valence-corrected chi connectivity index (χ4v) is 3.91. The Labute approximate surface area is 156 Å². The second-order valence-electron chi connectivity index (χ2n) is 6.37. The minimum atomic E-state index is -0.0788. The number of aryl methyl sites for hydroxylation is 2. The second kappa shape index (κ2) is 6.77. The minimum Gasteiger partial charge on any atom is -0.321 e. The van der Waals surface area contributed by atoms with E-state index >= 15 is 0 Å². The summed E-state index contributed by atoms with van der Waals surface area (Å²) in [6.07, 6.45) is 0. The van der Waals surface area contributed by atoms with Gasteiger partial charge < -0.3 is 5.32 Å². The first kappa shape index (κ1) is 16.5. The topological polar surface area (TPSA) is 46.9 Å². The number of carbonyl (C=O) groups is 1. The lowest BCUT2D eigenvalue weighted by Gasteiger charge is -2.05. The largest absolute Gasteiger partial charge is 0.321 e. The molecule has 0 bridgehead atoms. The minimum absolute atomic E-state index is 0.0788. The lowest BCUT2D eigenvalue weighted by Crippen LogP contribution is -2.09. The van der Waals surface area contributed by atoms with Crippen LogP contribution < -0.4 is 5.32 Å². The van der Waals surface area contributed by atoms with Gasteiger partial charge in [0.05, 0.1) is 17.1 Å². The molecule has 2 aromatic carbocycles. The SMILES string of the molecule is Cc1cc(C)n(Cc2ccc(C(=O)Nc3ccc4ccccc4c3)s2)n1. The van der Waals surface area contributed by atoms with Crippen molar-refractivity contribution < 1.29 is 4.79 Å². The fraction of sp³-hybridized carbons (Fsp3) is 0.143. The Bertz CT molecular complexity index is 1090. The van der Waals surface area contributed by atoms with Crippen molar-refractivity contribution in [2.24, 2.45) is 0 Å². The van der Waals surface area contributed by atoms with Crippen LogP contribution in [-0.2, 0) is 6.54 Å². The van der Waals surface area contributed by atoms with E-state index in [1.165, 1.54) is 11.3 Å². The zero-order chi connectivity index (χ0) is 18.1. The van der Waals surface area contributed by atoms with E-state index in [-0.39, 0.29) is 5.91 Å². The van der Waals surface area contributed by atoms with E-state index in [4.69, 9.17) is 0 Å². The first-order valence-corrected chi connectivity index (χ1v) is 9.30. The molecule has 26 heavy (non-hydrogen) atoms. The molecule has 0 spiro atoms. The average molecular weight is 361 g/mol. The second-order valence-corrected chi connectivity index (χ2v) is 7.54. The molecule has 4 aromatic rings. The highest BCUT2D eigenvalue weighted by Crippen LogP contribution is 2.22. The molecule has 0 saturated carbocycles. The highest BCUT2D eigenvalue weighted by Gasteiger charge is 2.11. The van der Waals surface area contributed by atoms with Crippen molar-refractivity contribution in [3.05, 3.63) is 81.8 Å². The monoisotopic (exact) mass is 361 g/mol. The first-order valence-electron chi connectivity index (χ1n) is 8.48. The van der Waals surface area contributed by atoms with Crippen LogP contribution in [-0.4, -0.2) is 15.7 Å². The van der Waals surface area contributed by atoms with Gasteiger partial charge in [0.2, 0.25) is 0 Å². The summed E-state index contributed by atoms with van der Waals surface area (Å²) in [5.74, 6) is -0.0788. The van der Waals surface area contributed by atoms with E-state index in [2.05, 4.69) is 22.5 Å². The molecule has 0 radical (unpaired) electrons. The maximum absolute atomic E-state index is 12.6. The molecule has 0 saturated heterocycles. The Balaban J connectivity index is 1.49. The number of fused-ring (bicyclic) bond motifs is 1. The zero-order valence-electron chi connectivity index (χ0n) is 14.7. The van der Waals surface area contributed by atoms with Gasteiger partial charge in [0.1, 0.15) is 0 Å². The van der Waals surface area contributed by atoms with Gasteiger partial charge in [-0.2, -0.15) is 5.10 Å². The van der Waals surface area contributed by atoms with Crippen LogP contribution in [0, 0.1) is 13.8 Å². The molecule has 1 amide bonds. The molecule has 0 fully saturated rings. The van der Waals surface area contributed by atoms with Crippen molar-refractivity contribution in [3.8, 4) is 0 Å². The molecule has 2 heterocycles. The highest BCUT2D eigenvalue weighted by atomic mass is 32.1. The molecule has 130 valence electrons. The first-order chi connectivity index (χ1) is 12.6. The molecule has 4 rings (SSSR count). The van der Waals surface area contributed by atoms with Crippen LogP contribution in [0.15, 0.2) is 60.7 Å². The summed E-state index contributed by atoms with van der Waals surface area (Å²) in [5, 5.41) is 9.74. The number of carbonyl (C=O) groups excluding carboxylic acids is 1. The van der Waals surface area contributed by atoms with Gasteiger partial charge in [0, 0.05) is 16.3 Å². The Kier molecular flexibility index (Phi) is 4.31. The Morgan fingerprint density at radius 1 is 1.04 bits per heavy atom. The van der Waals surface area contributed by atoms with Crippen LogP contribution >= 0.6 is 11.3 Å². The van der Waals surface area contributed by atoms with Crippen molar-refractivity contribution in [2.45, 2.75) is 20.4 Å². The van der Waals surface area contributed by atoms with Gasteiger partial charge in [0.15, 0.2) is 0 Å². The third kappa shape index (κ3) is 3.39. The number of hydrogen-bond donors (Lipinski definition) is 1. The van der Waals surface area contributed by atoms with Crippen LogP contribution in [0.2, 0.25) is 0 Å². The lowest BCUT2D eigenvalue weighted by atomic mass is 10.1. The van der Waals surface area contributed by atoms with E-state index in [1.54, 1.807) is 0 Å². The van der Waals surface area contributed by atoms with Crippen LogP contribution in [0.5, 0.6) is 0 Å². The van der Waals surface area contributed by atoms with E-state index in [0.717, 1.165) is 32.7 Å². The summed E-state index contributed by atoms with van der Waals surface area (Å²) in [4.78, 5) is 14.4. The number of nitrogens with zero attached hydrogens (tertiary/aromatic N) is 2. The maximum atomic E-state index is 12.6. The number of hydrogen-bond acceptors (Lipinski definition) is 3.